The molecule has 4 heteroatoms. The molecule has 68 valence electrons. The summed E-state index contributed by atoms with van der Waals surface area (Å²) in [6, 6.07) is 4.28. The lowest BCUT2D eigenvalue weighted by Crippen LogP contribution is -1.72. The van der Waals surface area contributed by atoms with Gasteiger partial charge in [-0.1, -0.05) is 11.8 Å². The Hall–Kier alpha value is -1.90. The normalized spacial score (nSPS) is 8.69. The fourth-order valence-electron chi connectivity index (χ4n) is 0.791. The third kappa shape index (κ3) is 2.56. The van der Waals surface area contributed by atoms with E-state index >= 15 is 0 Å². The van der Waals surface area contributed by atoms with Crippen LogP contribution in [0.3, 0.4) is 0 Å². The molecule has 0 bridgehead atoms. The monoisotopic (exact) mass is 180 g/mol. The molecular formula is C9H8O4. The van der Waals surface area contributed by atoms with Gasteiger partial charge < -0.3 is 15.1 Å². The summed E-state index contributed by atoms with van der Waals surface area (Å²) in [5.74, 6) is -0.389. The van der Waals surface area contributed by atoms with Gasteiger partial charge >= 0.3 is 0 Å². The lowest BCUT2D eigenvalue weighted by molar-refractivity contribution is -0.186. The highest BCUT2D eigenvalue weighted by Crippen LogP contribution is 2.25. The van der Waals surface area contributed by atoms with Gasteiger partial charge in [-0.15, -0.1) is 0 Å². The van der Waals surface area contributed by atoms with Crippen LogP contribution >= 0.6 is 0 Å². The Morgan fingerprint density at radius 2 is 2.00 bits per heavy atom. The summed E-state index contributed by atoms with van der Waals surface area (Å²) in [5, 5.41) is 25.9. The number of rotatable bonds is 2. The molecule has 0 aliphatic carbocycles. The van der Waals surface area contributed by atoms with Crippen LogP contribution in [0.2, 0.25) is 0 Å². The zero-order valence-corrected chi connectivity index (χ0v) is 6.64. The van der Waals surface area contributed by atoms with Crippen LogP contribution in [0.15, 0.2) is 30.2 Å². The summed E-state index contributed by atoms with van der Waals surface area (Å²) in [5.41, 5.74) is 3.11. The topological polar surface area (TPSA) is 69.9 Å². The standard InChI is InChI=1S/C9H8O4/c10-8-4-3-7(6-9(8)11)2-1-5-13-12/h2-6,10-12H. The van der Waals surface area contributed by atoms with Gasteiger partial charge in [0.1, 0.15) is 0 Å². The third-order valence-electron chi connectivity index (χ3n) is 1.37. The van der Waals surface area contributed by atoms with E-state index in [4.69, 9.17) is 15.5 Å². The van der Waals surface area contributed by atoms with Gasteiger partial charge in [0.15, 0.2) is 17.8 Å². The SMILES string of the molecule is OOC=C=Cc1ccc(O)c(O)c1. The summed E-state index contributed by atoms with van der Waals surface area (Å²) >= 11 is 0. The van der Waals surface area contributed by atoms with Crippen molar-refractivity contribution in [2.45, 2.75) is 0 Å². The molecule has 0 unspecified atom stereocenters. The predicted molar refractivity (Wildman–Crippen MR) is 46.0 cm³/mol. The summed E-state index contributed by atoms with van der Waals surface area (Å²) < 4.78 is 0. The zero-order valence-electron chi connectivity index (χ0n) is 6.64. The highest BCUT2D eigenvalue weighted by Gasteiger charge is 1.96. The van der Waals surface area contributed by atoms with E-state index in [2.05, 4.69) is 10.6 Å². The van der Waals surface area contributed by atoms with E-state index in [9.17, 15) is 0 Å². The molecule has 0 atom stereocenters. The van der Waals surface area contributed by atoms with Crippen molar-refractivity contribution in [3.8, 4) is 11.5 Å². The molecule has 0 spiro atoms. The maximum atomic E-state index is 9.07. The highest BCUT2D eigenvalue weighted by atomic mass is 17.1. The Kier molecular flexibility index (Phi) is 2.97. The Bertz CT molecular complexity index is 351. The maximum Gasteiger partial charge on any atom is 0.171 e. The van der Waals surface area contributed by atoms with Crippen LogP contribution in [0, 0.1) is 0 Å². The van der Waals surface area contributed by atoms with Crippen molar-refractivity contribution in [3.05, 3.63) is 35.8 Å². The van der Waals surface area contributed by atoms with E-state index in [1.165, 1.54) is 18.2 Å². The first-order chi connectivity index (χ1) is 6.24. The van der Waals surface area contributed by atoms with E-state index in [1.54, 1.807) is 6.07 Å². The number of aromatic hydroxyl groups is 2. The Morgan fingerprint density at radius 3 is 2.62 bits per heavy atom. The first-order valence-electron chi connectivity index (χ1n) is 3.47. The fraction of sp³-hybridized carbons (Fsp3) is 0. The largest absolute Gasteiger partial charge is 0.504 e. The first-order valence-corrected chi connectivity index (χ1v) is 3.47. The Balaban J connectivity index is 2.92. The Labute approximate surface area is 74.6 Å². The second-order valence-corrected chi connectivity index (χ2v) is 2.28. The van der Waals surface area contributed by atoms with Crippen LogP contribution in [-0.2, 0) is 4.89 Å². The summed E-state index contributed by atoms with van der Waals surface area (Å²) in [6.45, 7) is 0. The van der Waals surface area contributed by atoms with Gasteiger partial charge in [0.05, 0.1) is 0 Å². The van der Waals surface area contributed by atoms with Crippen molar-refractivity contribution in [1.29, 1.82) is 0 Å². The van der Waals surface area contributed by atoms with Crippen molar-refractivity contribution in [2.75, 3.05) is 0 Å². The van der Waals surface area contributed by atoms with Gasteiger partial charge in [-0.05, 0) is 23.8 Å². The summed E-state index contributed by atoms with van der Waals surface area (Å²) in [7, 11) is 0. The van der Waals surface area contributed by atoms with E-state index in [0.29, 0.717) is 5.56 Å². The van der Waals surface area contributed by atoms with Crippen LogP contribution in [0.25, 0.3) is 6.08 Å². The molecule has 1 aromatic carbocycles. The summed E-state index contributed by atoms with van der Waals surface area (Å²) in [4.78, 5) is 3.64. The molecule has 1 rings (SSSR count). The molecule has 0 aliphatic heterocycles. The molecule has 0 aromatic heterocycles. The number of benzene rings is 1. The number of phenols is 2. The average Bonchev–Trinajstić information content (AvgIpc) is 2.12. The number of phenolic OH excluding ortho intramolecular Hbond substituents is 2. The van der Waals surface area contributed by atoms with E-state index in [1.807, 2.05) is 0 Å². The third-order valence-corrected chi connectivity index (χ3v) is 1.37. The van der Waals surface area contributed by atoms with Gasteiger partial charge in [0.2, 0.25) is 0 Å². The van der Waals surface area contributed by atoms with Gasteiger partial charge in [-0.2, -0.15) is 0 Å². The van der Waals surface area contributed by atoms with Crippen molar-refractivity contribution >= 4 is 6.08 Å². The van der Waals surface area contributed by atoms with Gasteiger partial charge in [0.25, 0.3) is 0 Å². The average molecular weight is 180 g/mol. The molecule has 0 saturated heterocycles. The Morgan fingerprint density at radius 1 is 1.23 bits per heavy atom. The van der Waals surface area contributed by atoms with Gasteiger partial charge in [0, 0.05) is 0 Å². The lowest BCUT2D eigenvalue weighted by Gasteiger charge is -1.96. The molecule has 0 saturated carbocycles. The van der Waals surface area contributed by atoms with E-state index in [-0.39, 0.29) is 11.5 Å². The van der Waals surface area contributed by atoms with Gasteiger partial charge in [-0.3, -0.25) is 0 Å². The minimum atomic E-state index is -0.208. The number of hydrogen-bond acceptors (Lipinski definition) is 4. The smallest absolute Gasteiger partial charge is 0.171 e. The molecule has 0 radical (unpaired) electrons. The van der Waals surface area contributed by atoms with Crippen LogP contribution in [-0.4, -0.2) is 15.5 Å². The van der Waals surface area contributed by atoms with Gasteiger partial charge in [-0.25, -0.2) is 5.26 Å². The first kappa shape index (κ1) is 9.19. The maximum absolute atomic E-state index is 9.07. The molecule has 0 heterocycles. The molecule has 0 fully saturated rings. The quantitative estimate of drug-likeness (QED) is 0.213. The van der Waals surface area contributed by atoms with Crippen molar-refractivity contribution in [1.82, 2.24) is 0 Å². The predicted octanol–water partition coefficient (Wildman–Crippen LogP) is 1.71. The summed E-state index contributed by atoms with van der Waals surface area (Å²) in [6.07, 6.45) is 2.42. The lowest BCUT2D eigenvalue weighted by atomic mass is 10.2. The highest BCUT2D eigenvalue weighted by molar-refractivity contribution is 5.54. The molecular weight excluding hydrogens is 172 g/mol. The van der Waals surface area contributed by atoms with E-state index < -0.39 is 0 Å². The molecule has 0 amide bonds. The minimum Gasteiger partial charge on any atom is -0.504 e. The molecule has 13 heavy (non-hydrogen) atoms. The second-order valence-electron chi connectivity index (χ2n) is 2.28. The van der Waals surface area contributed by atoms with Crippen molar-refractivity contribution in [2.24, 2.45) is 0 Å². The minimum absolute atomic E-state index is 0.181. The zero-order chi connectivity index (χ0) is 9.68. The van der Waals surface area contributed by atoms with Crippen LogP contribution in [0.5, 0.6) is 11.5 Å². The number of hydrogen-bond donors (Lipinski definition) is 3. The van der Waals surface area contributed by atoms with Crippen molar-refractivity contribution < 1.29 is 20.4 Å². The van der Waals surface area contributed by atoms with Crippen molar-refractivity contribution in [3.63, 3.8) is 0 Å². The molecule has 1 aromatic rings. The molecule has 3 N–H and O–H groups in total. The second kappa shape index (κ2) is 4.21. The molecule has 0 aliphatic rings. The van der Waals surface area contributed by atoms with Crippen LogP contribution in [0.1, 0.15) is 5.56 Å². The fourth-order valence-corrected chi connectivity index (χ4v) is 0.791. The van der Waals surface area contributed by atoms with Crippen LogP contribution in [0.4, 0.5) is 0 Å². The van der Waals surface area contributed by atoms with Crippen LogP contribution < -0.4 is 0 Å². The molecule has 4 nitrogen and oxygen atoms in total. The van der Waals surface area contributed by atoms with E-state index in [0.717, 1.165) is 6.26 Å².